The fraction of sp³-hybridized carbons (Fsp3) is 0.406. The Kier molecular flexibility index (Phi) is 7.90. The van der Waals surface area contributed by atoms with Gasteiger partial charge in [0.05, 0.1) is 31.3 Å². The molecule has 1 fully saturated rings. The van der Waals surface area contributed by atoms with Gasteiger partial charge in [0.15, 0.2) is 11.5 Å². The number of aliphatic hydroxyl groups is 1. The molecule has 0 radical (unpaired) electrons. The van der Waals surface area contributed by atoms with E-state index in [1.54, 1.807) is 7.11 Å². The summed E-state index contributed by atoms with van der Waals surface area (Å²) < 4.78 is 17.2. The van der Waals surface area contributed by atoms with Crippen molar-refractivity contribution in [1.29, 1.82) is 0 Å². The average Bonchev–Trinajstić information content (AvgIpc) is 2.93. The zero-order chi connectivity index (χ0) is 27.7. The first kappa shape index (κ1) is 27.5. The summed E-state index contributed by atoms with van der Waals surface area (Å²) in [5.74, 6) is 1.35. The predicted octanol–water partition coefficient (Wildman–Crippen LogP) is 6.45. The van der Waals surface area contributed by atoms with Gasteiger partial charge in [-0.05, 0) is 98.2 Å². The van der Waals surface area contributed by atoms with Crippen LogP contribution in [-0.4, -0.2) is 37.4 Å². The zero-order valence-electron chi connectivity index (χ0n) is 22.9. The van der Waals surface area contributed by atoms with Gasteiger partial charge in [-0.25, -0.2) is 0 Å². The second-order valence-corrected chi connectivity index (χ2v) is 11.3. The number of rotatable bonds is 7. The summed E-state index contributed by atoms with van der Waals surface area (Å²) in [6.07, 6.45) is 1.83. The second kappa shape index (κ2) is 11.2. The van der Waals surface area contributed by atoms with Crippen LogP contribution in [0.3, 0.4) is 0 Å². The van der Waals surface area contributed by atoms with Crippen LogP contribution in [0.1, 0.15) is 61.9 Å². The molecule has 0 spiro atoms. The van der Waals surface area contributed by atoms with Crippen LogP contribution in [0, 0.1) is 5.92 Å². The SMILES string of the molecule is COc1cc2c(cc1OC(C)C)[C@H](c1ccc(Cl)cc1)N(c1ccc([C@@](C)(O)C3CCOCC3)cc1)C(=O)C2. The molecule has 3 aromatic carbocycles. The number of ether oxygens (including phenoxy) is 3. The summed E-state index contributed by atoms with van der Waals surface area (Å²) in [5.41, 5.74) is 3.45. The molecule has 7 heteroatoms. The normalized spacial score (nSPS) is 19.5. The Morgan fingerprint density at radius 2 is 1.69 bits per heavy atom. The first-order valence-corrected chi connectivity index (χ1v) is 13.9. The maximum Gasteiger partial charge on any atom is 0.232 e. The van der Waals surface area contributed by atoms with Gasteiger partial charge >= 0.3 is 0 Å². The van der Waals surface area contributed by atoms with Crippen LogP contribution < -0.4 is 14.4 Å². The highest BCUT2D eigenvalue weighted by atomic mass is 35.5. The zero-order valence-corrected chi connectivity index (χ0v) is 23.7. The first-order chi connectivity index (χ1) is 18.7. The fourth-order valence-corrected chi connectivity index (χ4v) is 5.91. The van der Waals surface area contributed by atoms with Gasteiger partial charge < -0.3 is 24.2 Å². The third-order valence-corrected chi connectivity index (χ3v) is 8.14. The van der Waals surface area contributed by atoms with Crippen LogP contribution in [-0.2, 0) is 21.6 Å². The van der Waals surface area contributed by atoms with Crippen molar-refractivity contribution in [3.63, 3.8) is 0 Å². The summed E-state index contributed by atoms with van der Waals surface area (Å²) >= 11 is 6.23. The molecule has 6 nitrogen and oxygen atoms in total. The molecule has 1 amide bonds. The number of fused-ring (bicyclic) bond motifs is 1. The van der Waals surface area contributed by atoms with Gasteiger partial charge in [-0.1, -0.05) is 35.9 Å². The van der Waals surface area contributed by atoms with E-state index < -0.39 is 5.60 Å². The highest BCUT2D eigenvalue weighted by Crippen LogP contribution is 2.44. The predicted molar refractivity (Wildman–Crippen MR) is 153 cm³/mol. The van der Waals surface area contributed by atoms with Crippen molar-refractivity contribution in [2.24, 2.45) is 5.92 Å². The fourth-order valence-electron chi connectivity index (χ4n) is 5.78. The van der Waals surface area contributed by atoms with Gasteiger partial charge in [-0.3, -0.25) is 4.79 Å². The number of amides is 1. The lowest BCUT2D eigenvalue weighted by Gasteiger charge is -2.39. The van der Waals surface area contributed by atoms with Gasteiger partial charge in [0.25, 0.3) is 0 Å². The lowest BCUT2D eigenvalue weighted by Crippen LogP contribution is -2.41. The molecular weight excluding hydrogens is 514 g/mol. The Hall–Kier alpha value is -3.06. The standard InChI is InChI=1S/C32H36ClNO5/c1-20(2)39-29-19-27-22(17-28(29)37-4)18-30(35)34(31(27)21-5-9-25(33)10-6-21)26-11-7-23(8-12-26)32(3,36)24-13-15-38-16-14-24/h5-12,17,19-20,24,31,36H,13-16,18H2,1-4H3/t31-,32+/m0/s1. The summed E-state index contributed by atoms with van der Waals surface area (Å²) in [5, 5.41) is 12.1. The van der Waals surface area contributed by atoms with Gasteiger partial charge in [-0.2, -0.15) is 0 Å². The highest BCUT2D eigenvalue weighted by Gasteiger charge is 2.38. The Bertz CT molecular complexity index is 1310. The van der Waals surface area contributed by atoms with Crippen molar-refractivity contribution < 1.29 is 24.1 Å². The van der Waals surface area contributed by atoms with Crippen LogP contribution >= 0.6 is 11.6 Å². The lowest BCUT2D eigenvalue weighted by atomic mass is 9.78. The maximum absolute atomic E-state index is 13.8. The van der Waals surface area contributed by atoms with Crippen LogP contribution in [0.25, 0.3) is 0 Å². The Morgan fingerprint density at radius 1 is 1.03 bits per heavy atom. The van der Waals surface area contributed by atoms with Crippen LogP contribution in [0.5, 0.6) is 11.5 Å². The summed E-state index contributed by atoms with van der Waals surface area (Å²) in [6, 6.07) is 18.9. The van der Waals surface area contributed by atoms with E-state index in [9.17, 15) is 9.90 Å². The largest absolute Gasteiger partial charge is 0.493 e. The summed E-state index contributed by atoms with van der Waals surface area (Å²) in [4.78, 5) is 15.6. The monoisotopic (exact) mass is 549 g/mol. The number of anilines is 1. The first-order valence-electron chi connectivity index (χ1n) is 13.5. The van der Waals surface area contributed by atoms with E-state index in [2.05, 4.69) is 0 Å². The average molecular weight is 550 g/mol. The maximum atomic E-state index is 13.8. The Balaban J connectivity index is 1.58. The molecule has 206 valence electrons. The van der Waals surface area contributed by atoms with E-state index in [1.807, 2.05) is 86.3 Å². The number of hydrogen-bond acceptors (Lipinski definition) is 5. The smallest absolute Gasteiger partial charge is 0.232 e. The number of methoxy groups -OCH3 is 1. The van der Waals surface area contributed by atoms with Crippen LogP contribution in [0.15, 0.2) is 60.7 Å². The van der Waals surface area contributed by atoms with Crippen molar-refractivity contribution in [2.75, 3.05) is 25.2 Å². The van der Waals surface area contributed by atoms with E-state index in [0.717, 1.165) is 40.8 Å². The van der Waals surface area contributed by atoms with E-state index in [1.165, 1.54) is 0 Å². The third-order valence-electron chi connectivity index (χ3n) is 7.88. The Morgan fingerprint density at radius 3 is 2.31 bits per heavy atom. The minimum atomic E-state index is -0.976. The van der Waals surface area contributed by atoms with E-state index in [-0.39, 0.29) is 30.4 Å². The molecule has 1 saturated heterocycles. The Labute approximate surface area is 235 Å². The second-order valence-electron chi connectivity index (χ2n) is 10.8. The molecule has 0 saturated carbocycles. The van der Waals surface area contributed by atoms with Crippen LogP contribution in [0.2, 0.25) is 5.02 Å². The quantitative estimate of drug-likeness (QED) is 0.367. The molecule has 2 aliphatic rings. The van der Waals surface area contributed by atoms with Gasteiger partial charge in [-0.15, -0.1) is 0 Å². The van der Waals surface area contributed by atoms with E-state index in [0.29, 0.717) is 29.7 Å². The molecule has 39 heavy (non-hydrogen) atoms. The lowest BCUT2D eigenvalue weighted by molar-refractivity contribution is -0.118. The van der Waals surface area contributed by atoms with Crippen molar-refractivity contribution in [3.05, 3.63) is 87.9 Å². The molecule has 2 aliphatic heterocycles. The molecule has 0 unspecified atom stereocenters. The van der Waals surface area contributed by atoms with Crippen molar-refractivity contribution >= 4 is 23.2 Å². The topological polar surface area (TPSA) is 68.2 Å². The summed E-state index contributed by atoms with van der Waals surface area (Å²) in [6.45, 7) is 7.15. The molecule has 0 aromatic heterocycles. The molecule has 2 heterocycles. The molecule has 0 aliphatic carbocycles. The molecule has 5 rings (SSSR count). The third kappa shape index (κ3) is 5.51. The number of nitrogens with zero attached hydrogens (tertiary/aromatic N) is 1. The van der Waals surface area contributed by atoms with E-state index in [4.69, 9.17) is 25.8 Å². The molecule has 2 atom stereocenters. The molecule has 0 bridgehead atoms. The number of halogens is 1. The van der Waals surface area contributed by atoms with Gasteiger partial charge in [0.1, 0.15) is 0 Å². The number of hydrogen-bond donors (Lipinski definition) is 1. The summed E-state index contributed by atoms with van der Waals surface area (Å²) in [7, 11) is 1.61. The van der Waals surface area contributed by atoms with Crippen molar-refractivity contribution in [1.82, 2.24) is 0 Å². The molecule has 3 aromatic rings. The molecular formula is C32H36ClNO5. The van der Waals surface area contributed by atoms with Crippen LogP contribution in [0.4, 0.5) is 5.69 Å². The molecule has 1 N–H and O–H groups in total. The van der Waals surface area contributed by atoms with Crippen molar-refractivity contribution in [2.45, 2.75) is 57.8 Å². The number of carbonyl (C=O) groups excluding carboxylic acids is 1. The number of benzene rings is 3. The van der Waals surface area contributed by atoms with E-state index >= 15 is 0 Å². The van der Waals surface area contributed by atoms with Gasteiger partial charge in [0, 0.05) is 23.9 Å². The number of carbonyl (C=O) groups is 1. The van der Waals surface area contributed by atoms with Crippen molar-refractivity contribution in [3.8, 4) is 11.5 Å². The minimum Gasteiger partial charge on any atom is -0.493 e. The minimum absolute atomic E-state index is 0.0222. The highest BCUT2D eigenvalue weighted by molar-refractivity contribution is 6.30. The van der Waals surface area contributed by atoms with Gasteiger partial charge in [0.2, 0.25) is 5.91 Å².